The maximum absolute atomic E-state index is 13.0. The summed E-state index contributed by atoms with van der Waals surface area (Å²) in [5.74, 6) is 2.73. The van der Waals surface area contributed by atoms with Crippen molar-refractivity contribution in [3.8, 4) is 34.5 Å². The van der Waals surface area contributed by atoms with Crippen LogP contribution in [0.4, 0.5) is 0 Å². The van der Waals surface area contributed by atoms with Crippen molar-refractivity contribution in [2.75, 3.05) is 42.1 Å². The van der Waals surface area contributed by atoms with Gasteiger partial charge in [0.1, 0.15) is 5.75 Å². The van der Waals surface area contributed by atoms with E-state index in [1.165, 1.54) is 38.0 Å². The lowest BCUT2D eigenvalue weighted by molar-refractivity contribution is 0.0733. The molecule has 2 aliphatic heterocycles. The van der Waals surface area contributed by atoms with E-state index in [0.717, 1.165) is 43.0 Å². The minimum absolute atomic E-state index is 0.267. The second kappa shape index (κ2) is 10.2. The van der Waals surface area contributed by atoms with Crippen molar-refractivity contribution in [2.24, 2.45) is 0 Å². The molecule has 0 aromatic heterocycles. The van der Waals surface area contributed by atoms with E-state index >= 15 is 0 Å². The predicted octanol–water partition coefficient (Wildman–Crippen LogP) is 4.60. The Morgan fingerprint density at radius 1 is 0.757 bits per heavy atom. The molecule has 0 radical (unpaired) electrons. The van der Waals surface area contributed by atoms with Crippen molar-refractivity contribution >= 4 is 5.97 Å². The topological polar surface area (TPSA) is 75.7 Å². The molecular formula is C29H31NO7. The fourth-order valence-corrected chi connectivity index (χ4v) is 5.31. The number of carbonyl (C=O) groups excluding carboxylic acids is 1. The summed E-state index contributed by atoms with van der Waals surface area (Å²) in [4.78, 5) is 15.5. The molecule has 0 aliphatic carbocycles. The van der Waals surface area contributed by atoms with E-state index in [4.69, 9.17) is 28.4 Å². The Morgan fingerprint density at radius 2 is 1.43 bits per heavy atom. The number of rotatable bonds is 7. The fourth-order valence-electron chi connectivity index (χ4n) is 5.31. The number of benzene rings is 3. The lowest BCUT2D eigenvalue weighted by Gasteiger charge is -2.41. The Balaban J connectivity index is 1.38. The molecule has 0 saturated carbocycles. The first-order valence-corrected chi connectivity index (χ1v) is 12.1. The molecule has 8 nitrogen and oxygen atoms in total. The molecule has 0 fully saturated rings. The standard InChI is InChI=1S/C29H31NO7/c1-32-24-12-18-8-9-30-16-20-10-21(7-6-17(20)11-23(30)22(18)15-25(24)33-2)37-29(31)19-13-26(34-3)28(36-5)27(14-19)35-4/h6-7,10,12-15,23H,8-9,11,16H2,1-5H3. The number of hydrogen-bond donors (Lipinski definition) is 0. The molecule has 1 unspecified atom stereocenters. The Bertz CT molecular complexity index is 1310. The molecule has 3 aromatic carbocycles. The van der Waals surface area contributed by atoms with Crippen molar-refractivity contribution in [3.63, 3.8) is 0 Å². The number of fused-ring (bicyclic) bond motifs is 4. The highest BCUT2D eigenvalue weighted by atomic mass is 16.5. The first-order chi connectivity index (χ1) is 18.0. The number of methoxy groups -OCH3 is 5. The van der Waals surface area contributed by atoms with E-state index in [1.54, 1.807) is 26.4 Å². The van der Waals surface area contributed by atoms with Crippen LogP contribution in [0.1, 0.15) is 38.7 Å². The Hall–Kier alpha value is -3.91. The third-order valence-electron chi connectivity index (χ3n) is 7.19. The molecule has 37 heavy (non-hydrogen) atoms. The van der Waals surface area contributed by atoms with Gasteiger partial charge in [-0.3, -0.25) is 4.90 Å². The summed E-state index contributed by atoms with van der Waals surface area (Å²) >= 11 is 0. The quantitative estimate of drug-likeness (QED) is 0.341. The molecule has 2 aliphatic rings. The number of carbonyl (C=O) groups is 1. The molecule has 0 bridgehead atoms. The van der Waals surface area contributed by atoms with Gasteiger partial charge in [-0.15, -0.1) is 0 Å². The average molecular weight is 506 g/mol. The lowest BCUT2D eigenvalue weighted by atomic mass is 9.84. The Kier molecular flexibility index (Phi) is 6.84. The molecule has 194 valence electrons. The monoisotopic (exact) mass is 505 g/mol. The molecule has 8 heteroatoms. The second-order valence-electron chi connectivity index (χ2n) is 9.08. The molecule has 1 atom stereocenters. The zero-order chi connectivity index (χ0) is 26.1. The third kappa shape index (κ3) is 4.53. The summed E-state index contributed by atoms with van der Waals surface area (Å²) in [7, 11) is 7.87. The van der Waals surface area contributed by atoms with Crippen LogP contribution in [0.15, 0.2) is 42.5 Å². The van der Waals surface area contributed by atoms with E-state index in [-0.39, 0.29) is 6.04 Å². The molecule has 0 spiro atoms. The van der Waals surface area contributed by atoms with Gasteiger partial charge in [0.25, 0.3) is 0 Å². The van der Waals surface area contributed by atoms with Crippen LogP contribution in [0.5, 0.6) is 34.5 Å². The number of nitrogens with zero attached hydrogens (tertiary/aromatic N) is 1. The Morgan fingerprint density at radius 3 is 2.08 bits per heavy atom. The van der Waals surface area contributed by atoms with Crippen LogP contribution in [-0.4, -0.2) is 53.0 Å². The van der Waals surface area contributed by atoms with Gasteiger partial charge < -0.3 is 28.4 Å². The van der Waals surface area contributed by atoms with Gasteiger partial charge in [-0.2, -0.15) is 0 Å². The van der Waals surface area contributed by atoms with Gasteiger partial charge in [0, 0.05) is 19.1 Å². The summed E-state index contributed by atoms with van der Waals surface area (Å²) in [5, 5.41) is 0. The maximum Gasteiger partial charge on any atom is 0.343 e. The van der Waals surface area contributed by atoms with Crippen molar-refractivity contribution in [1.29, 1.82) is 0 Å². The summed E-state index contributed by atoms with van der Waals surface area (Å²) in [6, 6.07) is 13.5. The second-order valence-corrected chi connectivity index (χ2v) is 9.08. The zero-order valence-corrected chi connectivity index (χ0v) is 21.8. The zero-order valence-electron chi connectivity index (χ0n) is 21.8. The van der Waals surface area contributed by atoms with Crippen molar-refractivity contribution < 1.29 is 33.2 Å². The van der Waals surface area contributed by atoms with E-state index in [2.05, 4.69) is 23.1 Å². The van der Waals surface area contributed by atoms with E-state index in [1.807, 2.05) is 12.1 Å². The van der Waals surface area contributed by atoms with Gasteiger partial charge in [-0.1, -0.05) is 6.07 Å². The largest absolute Gasteiger partial charge is 0.493 e. The fraction of sp³-hybridized carbons (Fsp3) is 0.345. The van der Waals surface area contributed by atoms with Crippen molar-refractivity contribution in [1.82, 2.24) is 4.90 Å². The Labute approximate surface area is 216 Å². The average Bonchev–Trinajstić information content (AvgIpc) is 2.94. The van der Waals surface area contributed by atoms with E-state index < -0.39 is 5.97 Å². The van der Waals surface area contributed by atoms with Gasteiger partial charge >= 0.3 is 5.97 Å². The maximum atomic E-state index is 13.0. The van der Waals surface area contributed by atoms with E-state index in [0.29, 0.717) is 28.6 Å². The SMILES string of the molecule is COc1cc2c(cc1OC)C1Cc3ccc(OC(=O)c4cc(OC)c(OC)c(OC)c4)cc3CN1CC2. The van der Waals surface area contributed by atoms with Crippen LogP contribution in [0.3, 0.4) is 0 Å². The summed E-state index contributed by atoms with van der Waals surface area (Å²) in [5.41, 5.74) is 5.31. The first kappa shape index (κ1) is 24.8. The highest BCUT2D eigenvalue weighted by molar-refractivity contribution is 5.92. The molecule has 0 amide bonds. The molecule has 5 rings (SSSR count). The predicted molar refractivity (Wildman–Crippen MR) is 138 cm³/mol. The minimum atomic E-state index is -0.499. The number of ether oxygens (including phenoxy) is 6. The van der Waals surface area contributed by atoms with E-state index in [9.17, 15) is 4.79 Å². The smallest absolute Gasteiger partial charge is 0.343 e. The normalized spacial score (nSPS) is 16.1. The van der Waals surface area contributed by atoms with Gasteiger partial charge in [-0.25, -0.2) is 4.79 Å². The highest BCUT2D eigenvalue weighted by Crippen LogP contribution is 2.43. The van der Waals surface area contributed by atoms with Gasteiger partial charge in [0.2, 0.25) is 5.75 Å². The lowest BCUT2D eigenvalue weighted by Crippen LogP contribution is -2.39. The van der Waals surface area contributed by atoms with Crippen LogP contribution in [0.25, 0.3) is 0 Å². The van der Waals surface area contributed by atoms with Crippen LogP contribution in [0, 0.1) is 0 Å². The summed E-state index contributed by atoms with van der Waals surface area (Å²) in [6.07, 6.45) is 1.82. The molecule has 0 N–H and O–H groups in total. The van der Waals surface area contributed by atoms with Crippen LogP contribution >= 0.6 is 0 Å². The first-order valence-electron chi connectivity index (χ1n) is 12.1. The third-order valence-corrected chi connectivity index (χ3v) is 7.19. The molecule has 0 saturated heterocycles. The number of esters is 1. The molecule has 3 aromatic rings. The van der Waals surface area contributed by atoms with Crippen LogP contribution in [0.2, 0.25) is 0 Å². The minimum Gasteiger partial charge on any atom is -0.493 e. The van der Waals surface area contributed by atoms with Gasteiger partial charge in [0.15, 0.2) is 23.0 Å². The van der Waals surface area contributed by atoms with Gasteiger partial charge in [0.05, 0.1) is 41.1 Å². The number of hydrogen-bond acceptors (Lipinski definition) is 8. The highest BCUT2D eigenvalue weighted by Gasteiger charge is 2.33. The summed E-state index contributed by atoms with van der Waals surface area (Å²) in [6.45, 7) is 1.73. The van der Waals surface area contributed by atoms with Crippen LogP contribution < -0.4 is 28.4 Å². The van der Waals surface area contributed by atoms with Crippen molar-refractivity contribution in [3.05, 3.63) is 70.3 Å². The van der Waals surface area contributed by atoms with Crippen molar-refractivity contribution in [2.45, 2.75) is 25.4 Å². The molecule has 2 heterocycles. The molecular weight excluding hydrogens is 474 g/mol. The summed E-state index contributed by atoms with van der Waals surface area (Å²) < 4.78 is 32.9. The van der Waals surface area contributed by atoms with Crippen LogP contribution in [-0.2, 0) is 19.4 Å². The van der Waals surface area contributed by atoms with Gasteiger partial charge in [-0.05, 0) is 71.5 Å².